The Morgan fingerprint density at radius 3 is 2.75 bits per heavy atom. The molecule has 5 nitrogen and oxygen atoms in total. The highest BCUT2D eigenvalue weighted by Gasteiger charge is 2.10. The van der Waals surface area contributed by atoms with Crippen LogP contribution in [0.25, 0.3) is 17.0 Å². The van der Waals surface area contributed by atoms with Gasteiger partial charge in [-0.05, 0) is 42.0 Å². The summed E-state index contributed by atoms with van der Waals surface area (Å²) in [6.45, 7) is 0. The van der Waals surface area contributed by atoms with Crippen molar-refractivity contribution in [1.29, 1.82) is 0 Å². The van der Waals surface area contributed by atoms with Gasteiger partial charge in [0, 0.05) is 11.9 Å². The van der Waals surface area contributed by atoms with Crippen LogP contribution in [0.5, 0.6) is 0 Å². The monoisotopic (exact) mass is 337 g/mol. The predicted octanol–water partition coefficient (Wildman–Crippen LogP) is 3.62. The number of hydrogen-bond donors (Lipinski definition) is 0. The lowest BCUT2D eigenvalue weighted by Gasteiger charge is -2.03. The maximum absolute atomic E-state index is 13.3. The van der Waals surface area contributed by atoms with Gasteiger partial charge in [-0.15, -0.1) is 10.2 Å². The largest absolute Gasteiger partial charge is 0.255 e. The summed E-state index contributed by atoms with van der Waals surface area (Å²) in [6.07, 6.45) is 1.73. The molecule has 0 bridgehead atoms. The maximum Gasteiger partial charge on any atom is 0.212 e. The molecule has 0 saturated heterocycles. The first-order valence-electron chi connectivity index (χ1n) is 7.31. The second-order valence-electron chi connectivity index (χ2n) is 5.10. The van der Waals surface area contributed by atoms with Gasteiger partial charge in [-0.25, -0.2) is 4.39 Å². The number of rotatable bonds is 4. The summed E-state index contributed by atoms with van der Waals surface area (Å²) in [5.74, 6) is 0.350. The lowest BCUT2D eigenvalue weighted by atomic mass is 10.2. The Balaban J connectivity index is 1.64. The normalized spacial score (nSPS) is 11.0. The van der Waals surface area contributed by atoms with Gasteiger partial charge in [0.1, 0.15) is 11.5 Å². The molecule has 0 fully saturated rings. The van der Waals surface area contributed by atoms with Crippen molar-refractivity contribution in [3.8, 4) is 11.4 Å². The number of hydrogen-bond acceptors (Lipinski definition) is 5. The van der Waals surface area contributed by atoms with Gasteiger partial charge in [0.15, 0.2) is 5.65 Å². The molecule has 0 saturated carbocycles. The van der Waals surface area contributed by atoms with Crippen LogP contribution in [0.3, 0.4) is 0 Å². The van der Waals surface area contributed by atoms with Crippen molar-refractivity contribution in [2.75, 3.05) is 0 Å². The van der Waals surface area contributed by atoms with Crippen LogP contribution in [0.4, 0.5) is 4.39 Å². The van der Waals surface area contributed by atoms with Crippen molar-refractivity contribution in [3.05, 3.63) is 72.2 Å². The van der Waals surface area contributed by atoms with Crippen molar-refractivity contribution < 1.29 is 4.39 Å². The van der Waals surface area contributed by atoms with E-state index in [2.05, 4.69) is 20.3 Å². The molecule has 4 rings (SSSR count). The lowest BCUT2D eigenvalue weighted by Crippen LogP contribution is -1.97. The first-order valence-corrected chi connectivity index (χ1v) is 8.29. The predicted molar refractivity (Wildman–Crippen MR) is 90.0 cm³/mol. The Morgan fingerprint density at radius 1 is 0.958 bits per heavy atom. The van der Waals surface area contributed by atoms with Crippen LogP contribution in [0.1, 0.15) is 5.56 Å². The first-order chi connectivity index (χ1) is 11.8. The Labute approximate surface area is 141 Å². The van der Waals surface area contributed by atoms with E-state index in [1.165, 1.54) is 23.9 Å². The van der Waals surface area contributed by atoms with Crippen LogP contribution >= 0.6 is 11.8 Å². The molecule has 0 amide bonds. The molecule has 0 aliphatic carbocycles. The second kappa shape index (κ2) is 6.37. The van der Waals surface area contributed by atoms with Crippen LogP contribution < -0.4 is 0 Å². The minimum atomic E-state index is -0.241. The second-order valence-corrected chi connectivity index (χ2v) is 6.05. The molecule has 0 aliphatic heterocycles. The number of pyridine rings is 1. The molecule has 4 aromatic rings. The van der Waals surface area contributed by atoms with Gasteiger partial charge in [-0.2, -0.15) is 9.61 Å². The molecule has 0 N–H and O–H groups in total. The van der Waals surface area contributed by atoms with Gasteiger partial charge in [-0.1, -0.05) is 30.0 Å². The molecule has 0 radical (unpaired) electrons. The van der Waals surface area contributed by atoms with Crippen molar-refractivity contribution >= 4 is 17.4 Å². The Morgan fingerprint density at radius 2 is 1.92 bits per heavy atom. The molecular weight excluding hydrogens is 325 g/mol. The molecule has 0 aliphatic rings. The summed E-state index contributed by atoms with van der Waals surface area (Å²) in [7, 11) is 0. The van der Waals surface area contributed by atoms with Crippen LogP contribution in [-0.4, -0.2) is 24.8 Å². The van der Waals surface area contributed by atoms with Crippen LogP contribution in [-0.2, 0) is 5.75 Å². The van der Waals surface area contributed by atoms with E-state index in [0.29, 0.717) is 16.6 Å². The highest BCUT2D eigenvalue weighted by atomic mass is 32.2. The summed E-state index contributed by atoms with van der Waals surface area (Å²) in [6, 6.07) is 15.9. The molecule has 7 heteroatoms. The topological polar surface area (TPSA) is 56.0 Å². The minimum absolute atomic E-state index is 0.241. The highest BCUT2D eigenvalue weighted by molar-refractivity contribution is 7.98. The standard InChI is InChI=1S/C17H12FN5S/c18-13-5-3-4-12(10-13)11-24-17-21-20-16-8-7-15(22-23(16)17)14-6-1-2-9-19-14/h1-10H,11H2. The third-order valence-corrected chi connectivity index (χ3v) is 4.41. The van der Waals surface area contributed by atoms with Crippen molar-refractivity contribution in [2.24, 2.45) is 0 Å². The zero-order valence-electron chi connectivity index (χ0n) is 12.5. The minimum Gasteiger partial charge on any atom is -0.255 e. The van der Waals surface area contributed by atoms with Crippen molar-refractivity contribution in [1.82, 2.24) is 24.8 Å². The Bertz CT molecular complexity index is 987. The number of halogens is 1. The van der Waals surface area contributed by atoms with E-state index in [0.717, 1.165) is 17.0 Å². The smallest absolute Gasteiger partial charge is 0.212 e. The quantitative estimate of drug-likeness (QED) is 0.532. The zero-order valence-corrected chi connectivity index (χ0v) is 13.3. The van der Waals surface area contributed by atoms with E-state index in [1.807, 2.05) is 36.4 Å². The fourth-order valence-electron chi connectivity index (χ4n) is 2.28. The van der Waals surface area contributed by atoms with Gasteiger partial charge in [0.2, 0.25) is 5.16 Å². The molecule has 3 heterocycles. The summed E-state index contributed by atoms with van der Waals surface area (Å²) in [4.78, 5) is 4.31. The molecule has 0 spiro atoms. The van der Waals surface area contributed by atoms with Gasteiger partial charge in [-0.3, -0.25) is 4.98 Å². The first kappa shape index (κ1) is 14.8. The fraction of sp³-hybridized carbons (Fsp3) is 0.0588. The van der Waals surface area contributed by atoms with Gasteiger partial charge in [0.05, 0.1) is 5.69 Å². The van der Waals surface area contributed by atoms with Gasteiger partial charge in [0.25, 0.3) is 0 Å². The summed E-state index contributed by atoms with van der Waals surface area (Å²) in [5.41, 5.74) is 3.08. The zero-order chi connectivity index (χ0) is 16.4. The average Bonchev–Trinajstić information content (AvgIpc) is 3.03. The molecule has 1 aromatic carbocycles. The average molecular weight is 337 g/mol. The van der Waals surface area contributed by atoms with Crippen LogP contribution in [0, 0.1) is 5.82 Å². The number of benzene rings is 1. The number of fused-ring (bicyclic) bond motifs is 1. The van der Waals surface area contributed by atoms with Crippen molar-refractivity contribution in [3.63, 3.8) is 0 Å². The Kier molecular flexibility index (Phi) is 3.92. The van der Waals surface area contributed by atoms with E-state index in [1.54, 1.807) is 16.8 Å². The third kappa shape index (κ3) is 2.98. The fourth-order valence-corrected chi connectivity index (χ4v) is 3.12. The molecule has 0 unspecified atom stereocenters. The van der Waals surface area contributed by atoms with Gasteiger partial charge < -0.3 is 0 Å². The molecule has 24 heavy (non-hydrogen) atoms. The summed E-state index contributed by atoms with van der Waals surface area (Å²) in [5, 5.41) is 13.5. The van der Waals surface area contributed by atoms with E-state index < -0.39 is 0 Å². The SMILES string of the molecule is Fc1cccc(CSc2nnc3ccc(-c4ccccn4)nn23)c1. The molecule has 0 atom stereocenters. The third-order valence-electron chi connectivity index (χ3n) is 3.42. The highest BCUT2D eigenvalue weighted by Crippen LogP contribution is 2.23. The van der Waals surface area contributed by atoms with E-state index in [4.69, 9.17) is 0 Å². The summed E-state index contributed by atoms with van der Waals surface area (Å²) >= 11 is 1.46. The number of aromatic nitrogens is 5. The molecule has 118 valence electrons. The van der Waals surface area contributed by atoms with E-state index in [9.17, 15) is 4.39 Å². The van der Waals surface area contributed by atoms with Crippen molar-refractivity contribution in [2.45, 2.75) is 10.9 Å². The van der Waals surface area contributed by atoms with E-state index >= 15 is 0 Å². The Hall–Kier alpha value is -2.80. The number of thioether (sulfide) groups is 1. The van der Waals surface area contributed by atoms with E-state index in [-0.39, 0.29) is 5.82 Å². The summed E-state index contributed by atoms with van der Waals surface area (Å²) < 4.78 is 15.0. The lowest BCUT2D eigenvalue weighted by molar-refractivity contribution is 0.626. The maximum atomic E-state index is 13.3. The number of nitrogens with zero attached hydrogens (tertiary/aromatic N) is 5. The molecular formula is C17H12FN5S. The van der Waals surface area contributed by atoms with Gasteiger partial charge >= 0.3 is 0 Å². The molecule has 3 aromatic heterocycles. The van der Waals surface area contributed by atoms with Crippen LogP contribution in [0.2, 0.25) is 0 Å². The van der Waals surface area contributed by atoms with Crippen LogP contribution in [0.15, 0.2) is 66.0 Å².